The van der Waals surface area contributed by atoms with Gasteiger partial charge in [-0.25, -0.2) is 0 Å². The molecule has 3 aromatic carbocycles. The van der Waals surface area contributed by atoms with Gasteiger partial charge in [0.1, 0.15) is 0 Å². The normalized spacial score (nSPS) is 10.2. The van der Waals surface area contributed by atoms with Crippen molar-refractivity contribution < 1.29 is 0 Å². The Balaban J connectivity index is 2.14. The van der Waals surface area contributed by atoms with Gasteiger partial charge in [0, 0.05) is 21.5 Å². The predicted octanol–water partition coefficient (Wildman–Crippen LogP) is 5.92. The number of halogens is 1. The molecule has 2 heteroatoms. The fourth-order valence-corrected chi connectivity index (χ4v) is 2.60. The fourth-order valence-electron chi connectivity index (χ4n) is 2.22. The third kappa shape index (κ3) is 2.75. The van der Waals surface area contributed by atoms with Gasteiger partial charge >= 0.3 is 0 Å². The van der Waals surface area contributed by atoms with Gasteiger partial charge in [-0.2, -0.15) is 0 Å². The van der Waals surface area contributed by atoms with Crippen LogP contribution in [0.3, 0.4) is 0 Å². The Morgan fingerprint density at radius 3 is 1.55 bits per heavy atom. The summed E-state index contributed by atoms with van der Waals surface area (Å²) in [7, 11) is 0. The molecule has 0 heterocycles. The molecule has 20 heavy (non-hydrogen) atoms. The lowest BCUT2D eigenvalue weighted by molar-refractivity contribution is 1.28. The second-order valence-corrected chi connectivity index (χ2v) is 5.40. The van der Waals surface area contributed by atoms with Gasteiger partial charge in [-0.3, -0.25) is 0 Å². The first-order valence-electron chi connectivity index (χ1n) is 6.50. The highest BCUT2D eigenvalue weighted by Gasteiger charge is 2.11. The van der Waals surface area contributed by atoms with Crippen molar-refractivity contribution in [1.82, 2.24) is 0 Å². The Kier molecular flexibility index (Phi) is 3.84. The van der Waals surface area contributed by atoms with Crippen LogP contribution in [-0.2, 0) is 0 Å². The van der Waals surface area contributed by atoms with Crippen LogP contribution in [0.2, 0.25) is 0 Å². The fraction of sp³-hybridized carbons (Fsp3) is 0. The van der Waals surface area contributed by atoms with Crippen LogP contribution < -0.4 is 4.90 Å². The van der Waals surface area contributed by atoms with Crippen LogP contribution in [0.1, 0.15) is 0 Å². The Morgan fingerprint density at radius 2 is 1.05 bits per heavy atom. The van der Waals surface area contributed by atoms with Gasteiger partial charge in [0.15, 0.2) is 0 Å². The quantitative estimate of drug-likeness (QED) is 0.578. The molecule has 0 fully saturated rings. The molecule has 0 aliphatic rings. The number of hydrogen-bond acceptors (Lipinski definition) is 1. The van der Waals surface area contributed by atoms with E-state index in [1.165, 1.54) is 0 Å². The zero-order chi connectivity index (χ0) is 13.8. The summed E-state index contributed by atoms with van der Waals surface area (Å²) in [4.78, 5) is 2.24. The topological polar surface area (TPSA) is 3.24 Å². The first-order chi connectivity index (χ1) is 9.84. The van der Waals surface area contributed by atoms with E-state index in [-0.39, 0.29) is 0 Å². The van der Waals surface area contributed by atoms with Crippen molar-refractivity contribution in [2.45, 2.75) is 0 Å². The zero-order valence-corrected chi connectivity index (χ0v) is 12.5. The number of rotatable bonds is 3. The second kappa shape index (κ2) is 5.93. The first kappa shape index (κ1) is 12.9. The van der Waals surface area contributed by atoms with Crippen LogP contribution in [0.5, 0.6) is 0 Å². The number of para-hydroxylation sites is 2. The number of hydrogen-bond donors (Lipinski definition) is 0. The molecule has 0 unspecified atom stereocenters. The minimum Gasteiger partial charge on any atom is -0.310 e. The van der Waals surface area contributed by atoms with Crippen LogP contribution in [0.25, 0.3) is 0 Å². The summed E-state index contributed by atoms with van der Waals surface area (Å²) in [6, 6.07) is 29.1. The average Bonchev–Trinajstić information content (AvgIpc) is 2.50. The minimum absolute atomic E-state index is 1.08. The standard InChI is InChI=1S/C18H14BrN/c19-15-8-7-13-18(14-15)20(16-9-3-1-4-10-16)17-11-5-2-6-12-17/h1-14H. The molecule has 3 rings (SSSR count). The van der Waals surface area contributed by atoms with Crippen molar-refractivity contribution in [3.8, 4) is 0 Å². The predicted molar refractivity (Wildman–Crippen MR) is 88.8 cm³/mol. The van der Waals surface area contributed by atoms with Gasteiger partial charge in [-0.1, -0.05) is 58.4 Å². The van der Waals surface area contributed by atoms with Gasteiger partial charge < -0.3 is 4.90 Å². The monoisotopic (exact) mass is 323 g/mol. The van der Waals surface area contributed by atoms with E-state index in [0.717, 1.165) is 21.5 Å². The lowest BCUT2D eigenvalue weighted by Crippen LogP contribution is -2.09. The molecule has 0 saturated heterocycles. The molecule has 0 amide bonds. The van der Waals surface area contributed by atoms with E-state index >= 15 is 0 Å². The zero-order valence-electron chi connectivity index (χ0n) is 10.9. The summed E-state index contributed by atoms with van der Waals surface area (Å²) in [6.45, 7) is 0. The molecule has 3 aromatic rings. The van der Waals surface area contributed by atoms with Crippen molar-refractivity contribution in [3.63, 3.8) is 0 Å². The van der Waals surface area contributed by atoms with Gasteiger partial charge in [-0.15, -0.1) is 0 Å². The Morgan fingerprint density at radius 1 is 0.550 bits per heavy atom. The molecule has 0 bridgehead atoms. The molecule has 0 aromatic heterocycles. The Labute approximate surface area is 127 Å². The molecule has 1 nitrogen and oxygen atoms in total. The highest BCUT2D eigenvalue weighted by molar-refractivity contribution is 9.10. The van der Waals surface area contributed by atoms with Gasteiger partial charge in [0.2, 0.25) is 0 Å². The highest BCUT2D eigenvalue weighted by atomic mass is 79.9. The van der Waals surface area contributed by atoms with Gasteiger partial charge in [0.25, 0.3) is 0 Å². The Bertz CT molecular complexity index is 641. The molecular weight excluding hydrogens is 310 g/mol. The largest absolute Gasteiger partial charge is 0.310 e. The van der Waals surface area contributed by atoms with E-state index in [1.807, 2.05) is 18.2 Å². The van der Waals surface area contributed by atoms with Crippen molar-refractivity contribution in [2.75, 3.05) is 4.90 Å². The van der Waals surface area contributed by atoms with Crippen LogP contribution in [-0.4, -0.2) is 0 Å². The molecule has 0 spiro atoms. The van der Waals surface area contributed by atoms with Crippen LogP contribution in [0, 0.1) is 0 Å². The maximum Gasteiger partial charge on any atom is 0.0472 e. The van der Waals surface area contributed by atoms with Crippen molar-refractivity contribution in [1.29, 1.82) is 0 Å². The molecule has 0 atom stereocenters. The first-order valence-corrected chi connectivity index (χ1v) is 7.30. The summed E-state index contributed by atoms with van der Waals surface area (Å²) in [5.74, 6) is 0. The van der Waals surface area contributed by atoms with E-state index in [1.54, 1.807) is 0 Å². The van der Waals surface area contributed by atoms with Gasteiger partial charge in [0.05, 0.1) is 0 Å². The number of benzene rings is 3. The molecule has 0 aliphatic heterocycles. The summed E-state index contributed by atoms with van der Waals surface area (Å²) in [5.41, 5.74) is 3.44. The van der Waals surface area contributed by atoms with Crippen LogP contribution >= 0.6 is 15.9 Å². The maximum absolute atomic E-state index is 3.55. The summed E-state index contributed by atoms with van der Waals surface area (Å²) in [5, 5.41) is 0. The third-order valence-corrected chi connectivity index (χ3v) is 3.59. The third-order valence-electron chi connectivity index (χ3n) is 3.10. The lowest BCUT2D eigenvalue weighted by atomic mass is 10.2. The molecule has 0 N–H and O–H groups in total. The Hall–Kier alpha value is -2.06. The summed E-state index contributed by atoms with van der Waals surface area (Å²) in [6.07, 6.45) is 0. The van der Waals surface area contributed by atoms with E-state index in [4.69, 9.17) is 0 Å². The number of nitrogens with zero attached hydrogens (tertiary/aromatic N) is 1. The molecule has 0 saturated carbocycles. The molecule has 98 valence electrons. The molecule has 0 aliphatic carbocycles. The molecular formula is C18H14BrN. The lowest BCUT2D eigenvalue weighted by Gasteiger charge is -2.25. The van der Waals surface area contributed by atoms with E-state index in [9.17, 15) is 0 Å². The maximum atomic E-state index is 3.55. The molecule has 0 radical (unpaired) electrons. The van der Waals surface area contributed by atoms with Gasteiger partial charge in [-0.05, 0) is 42.5 Å². The van der Waals surface area contributed by atoms with Crippen LogP contribution in [0.15, 0.2) is 89.4 Å². The van der Waals surface area contributed by atoms with Crippen molar-refractivity contribution in [2.24, 2.45) is 0 Å². The average molecular weight is 324 g/mol. The number of anilines is 3. The van der Waals surface area contributed by atoms with E-state index < -0.39 is 0 Å². The van der Waals surface area contributed by atoms with Crippen molar-refractivity contribution >= 4 is 33.0 Å². The minimum atomic E-state index is 1.08. The second-order valence-electron chi connectivity index (χ2n) is 4.49. The van der Waals surface area contributed by atoms with E-state index in [0.29, 0.717) is 0 Å². The summed E-state index contributed by atoms with van der Waals surface area (Å²) >= 11 is 3.55. The van der Waals surface area contributed by atoms with Crippen LogP contribution in [0.4, 0.5) is 17.1 Å². The highest BCUT2D eigenvalue weighted by Crippen LogP contribution is 2.34. The van der Waals surface area contributed by atoms with E-state index in [2.05, 4.69) is 87.6 Å². The summed E-state index contributed by atoms with van der Waals surface area (Å²) < 4.78 is 1.08. The SMILES string of the molecule is Brc1cccc(N(c2ccccc2)c2ccccc2)c1. The van der Waals surface area contributed by atoms with Crippen molar-refractivity contribution in [3.05, 3.63) is 89.4 Å². The smallest absolute Gasteiger partial charge is 0.0472 e.